The van der Waals surface area contributed by atoms with Crippen molar-refractivity contribution in [1.82, 2.24) is 15.3 Å². The molecule has 0 aliphatic carbocycles. The molecular weight excluding hydrogens is 236 g/mol. The molecule has 0 aromatic carbocycles. The second-order valence-electron chi connectivity index (χ2n) is 4.89. The number of nitrogens with zero attached hydrogens (tertiary/aromatic N) is 1. The number of aromatic amines is 1. The number of nitrogens with two attached hydrogens (primary N) is 1. The lowest BCUT2D eigenvalue weighted by molar-refractivity contribution is -0.142. The molecule has 1 unspecified atom stereocenters. The highest BCUT2D eigenvalue weighted by molar-refractivity contribution is 5.84. The zero-order valence-corrected chi connectivity index (χ0v) is 10.4. The van der Waals surface area contributed by atoms with Crippen molar-refractivity contribution in [3.63, 3.8) is 0 Å². The minimum atomic E-state index is -1.10. The Balaban J connectivity index is 2.58. The van der Waals surface area contributed by atoms with Crippen LogP contribution in [0.3, 0.4) is 0 Å². The van der Waals surface area contributed by atoms with Crippen LogP contribution >= 0.6 is 0 Å². The molecule has 0 aliphatic heterocycles. The van der Waals surface area contributed by atoms with Gasteiger partial charge in [0, 0.05) is 24.6 Å². The fourth-order valence-electron chi connectivity index (χ4n) is 1.47. The summed E-state index contributed by atoms with van der Waals surface area (Å²) in [6, 6.07) is -0.997. The first-order chi connectivity index (χ1) is 8.28. The molecule has 1 atom stereocenters. The molecule has 0 aliphatic rings. The largest absolute Gasteiger partial charge is 0.480 e. The molecule has 7 heteroatoms. The summed E-state index contributed by atoms with van der Waals surface area (Å²) in [4.78, 5) is 29.3. The third kappa shape index (κ3) is 4.96. The Hall–Kier alpha value is -1.89. The van der Waals surface area contributed by atoms with E-state index in [2.05, 4.69) is 15.3 Å². The van der Waals surface area contributed by atoms with Crippen LogP contribution in [-0.4, -0.2) is 38.5 Å². The number of nitrogens with one attached hydrogen (secondary N) is 2. The molecule has 1 heterocycles. The zero-order valence-electron chi connectivity index (χ0n) is 10.4. The molecule has 0 radical (unpaired) electrons. The molecule has 0 saturated heterocycles. The Morgan fingerprint density at radius 2 is 2.28 bits per heavy atom. The van der Waals surface area contributed by atoms with Gasteiger partial charge in [0.25, 0.3) is 0 Å². The van der Waals surface area contributed by atoms with E-state index in [0.717, 1.165) is 0 Å². The van der Waals surface area contributed by atoms with E-state index in [1.165, 1.54) is 6.33 Å². The highest BCUT2D eigenvalue weighted by Crippen LogP contribution is 2.05. The number of imidazole rings is 1. The van der Waals surface area contributed by atoms with Crippen LogP contribution in [0.2, 0.25) is 0 Å². The van der Waals surface area contributed by atoms with Crippen LogP contribution in [0.5, 0.6) is 0 Å². The van der Waals surface area contributed by atoms with Crippen molar-refractivity contribution < 1.29 is 14.7 Å². The molecule has 1 rings (SSSR count). The SMILES string of the molecule is CC(C)(N)CC(=O)NC(Cc1c[nH]cn1)C(=O)O. The first-order valence-corrected chi connectivity index (χ1v) is 5.56. The highest BCUT2D eigenvalue weighted by atomic mass is 16.4. The molecule has 1 aromatic heterocycles. The summed E-state index contributed by atoms with van der Waals surface area (Å²) in [6.45, 7) is 3.41. The van der Waals surface area contributed by atoms with E-state index >= 15 is 0 Å². The predicted molar refractivity (Wildman–Crippen MR) is 64.7 cm³/mol. The Kier molecular flexibility index (Phi) is 4.43. The fraction of sp³-hybridized carbons (Fsp3) is 0.545. The number of carboxylic acids is 1. The van der Waals surface area contributed by atoms with Crippen LogP contribution in [-0.2, 0) is 16.0 Å². The van der Waals surface area contributed by atoms with Crippen molar-refractivity contribution in [3.8, 4) is 0 Å². The number of carboxylic acid groups (broad SMARTS) is 1. The van der Waals surface area contributed by atoms with E-state index in [0.29, 0.717) is 5.69 Å². The topological polar surface area (TPSA) is 121 Å². The number of carbonyl (C=O) groups excluding carboxylic acids is 1. The first-order valence-electron chi connectivity index (χ1n) is 5.56. The summed E-state index contributed by atoms with van der Waals surface area (Å²) in [6.07, 6.45) is 3.25. The Bertz CT molecular complexity index is 408. The molecular formula is C11H18N4O3. The lowest BCUT2D eigenvalue weighted by Crippen LogP contribution is -2.46. The summed E-state index contributed by atoms with van der Waals surface area (Å²) in [5.41, 5.74) is 5.61. The van der Waals surface area contributed by atoms with Gasteiger partial charge in [-0.1, -0.05) is 0 Å². The Labute approximate surface area is 105 Å². The third-order valence-electron chi connectivity index (χ3n) is 2.22. The van der Waals surface area contributed by atoms with Gasteiger partial charge >= 0.3 is 5.97 Å². The lowest BCUT2D eigenvalue weighted by atomic mass is 10.0. The number of rotatable bonds is 6. The van der Waals surface area contributed by atoms with Crippen molar-refractivity contribution in [2.45, 2.75) is 38.3 Å². The number of aliphatic carboxylic acids is 1. The van der Waals surface area contributed by atoms with Crippen molar-refractivity contribution in [3.05, 3.63) is 18.2 Å². The van der Waals surface area contributed by atoms with Gasteiger partial charge in [-0.2, -0.15) is 0 Å². The third-order valence-corrected chi connectivity index (χ3v) is 2.22. The number of carbonyl (C=O) groups is 2. The van der Waals surface area contributed by atoms with Crippen molar-refractivity contribution in [1.29, 1.82) is 0 Å². The molecule has 0 bridgehead atoms. The van der Waals surface area contributed by atoms with Gasteiger partial charge in [0.2, 0.25) is 5.91 Å². The number of hydrogen-bond acceptors (Lipinski definition) is 4. The van der Waals surface area contributed by atoms with Gasteiger partial charge in [0.05, 0.1) is 12.0 Å². The average Bonchev–Trinajstić information content (AvgIpc) is 2.66. The summed E-state index contributed by atoms with van der Waals surface area (Å²) in [7, 11) is 0. The van der Waals surface area contributed by atoms with Gasteiger partial charge in [0.1, 0.15) is 6.04 Å². The van der Waals surface area contributed by atoms with Crippen LogP contribution in [0.1, 0.15) is 26.0 Å². The first kappa shape index (κ1) is 14.2. The molecule has 0 fully saturated rings. The summed E-state index contributed by atoms with van der Waals surface area (Å²) >= 11 is 0. The molecule has 18 heavy (non-hydrogen) atoms. The molecule has 1 amide bonds. The van der Waals surface area contributed by atoms with Crippen LogP contribution in [0, 0.1) is 0 Å². The zero-order chi connectivity index (χ0) is 13.8. The van der Waals surface area contributed by atoms with E-state index in [1.807, 2.05) is 0 Å². The molecule has 0 saturated carbocycles. The molecule has 0 spiro atoms. The van der Waals surface area contributed by atoms with Gasteiger partial charge in [-0.05, 0) is 13.8 Å². The molecule has 100 valence electrons. The van der Waals surface area contributed by atoms with Crippen LogP contribution in [0.4, 0.5) is 0 Å². The molecule has 7 nitrogen and oxygen atoms in total. The van der Waals surface area contributed by atoms with Gasteiger partial charge in [-0.15, -0.1) is 0 Å². The second kappa shape index (κ2) is 5.63. The Morgan fingerprint density at radius 1 is 1.61 bits per heavy atom. The lowest BCUT2D eigenvalue weighted by Gasteiger charge is -2.20. The standard InChI is InChI=1S/C11H18N4O3/c1-11(2,12)4-9(16)15-8(10(17)18)3-7-5-13-6-14-7/h5-6,8H,3-4,12H2,1-2H3,(H,13,14)(H,15,16)(H,17,18). The van der Waals surface area contributed by atoms with Gasteiger partial charge < -0.3 is 21.1 Å². The number of aromatic nitrogens is 2. The van der Waals surface area contributed by atoms with Crippen LogP contribution < -0.4 is 11.1 Å². The van der Waals surface area contributed by atoms with Crippen molar-refractivity contribution in [2.24, 2.45) is 5.73 Å². The van der Waals surface area contributed by atoms with E-state index in [1.54, 1.807) is 20.0 Å². The minimum Gasteiger partial charge on any atom is -0.480 e. The van der Waals surface area contributed by atoms with E-state index in [-0.39, 0.29) is 18.7 Å². The average molecular weight is 254 g/mol. The van der Waals surface area contributed by atoms with E-state index < -0.39 is 17.6 Å². The smallest absolute Gasteiger partial charge is 0.326 e. The number of hydrogen-bond donors (Lipinski definition) is 4. The number of amides is 1. The summed E-state index contributed by atoms with van der Waals surface area (Å²) < 4.78 is 0. The van der Waals surface area contributed by atoms with E-state index in [4.69, 9.17) is 10.8 Å². The van der Waals surface area contributed by atoms with Crippen LogP contribution in [0.25, 0.3) is 0 Å². The fourth-order valence-corrected chi connectivity index (χ4v) is 1.47. The van der Waals surface area contributed by atoms with Crippen molar-refractivity contribution in [2.75, 3.05) is 0 Å². The maximum atomic E-state index is 11.6. The second-order valence-corrected chi connectivity index (χ2v) is 4.89. The summed E-state index contributed by atoms with van der Waals surface area (Å²) in [5, 5.41) is 11.5. The van der Waals surface area contributed by atoms with Crippen LogP contribution in [0.15, 0.2) is 12.5 Å². The highest BCUT2D eigenvalue weighted by Gasteiger charge is 2.24. The number of H-pyrrole nitrogens is 1. The Morgan fingerprint density at radius 3 is 2.72 bits per heavy atom. The molecule has 5 N–H and O–H groups in total. The summed E-state index contributed by atoms with van der Waals surface area (Å²) in [5.74, 6) is -1.48. The minimum absolute atomic E-state index is 0.0668. The predicted octanol–water partition coefficient (Wildman–Crippen LogP) is -0.351. The maximum Gasteiger partial charge on any atom is 0.326 e. The maximum absolute atomic E-state index is 11.6. The van der Waals surface area contributed by atoms with E-state index in [9.17, 15) is 9.59 Å². The normalized spacial score (nSPS) is 13.1. The van der Waals surface area contributed by atoms with Crippen molar-refractivity contribution >= 4 is 11.9 Å². The van der Waals surface area contributed by atoms with Gasteiger partial charge in [-0.25, -0.2) is 9.78 Å². The van der Waals surface area contributed by atoms with Gasteiger partial charge in [-0.3, -0.25) is 4.79 Å². The molecule has 1 aromatic rings. The van der Waals surface area contributed by atoms with Gasteiger partial charge in [0.15, 0.2) is 0 Å². The monoisotopic (exact) mass is 254 g/mol. The quantitative estimate of drug-likeness (QED) is 0.553.